The number of rotatable bonds is 5. The van der Waals surface area contributed by atoms with Crippen molar-refractivity contribution in [3.8, 4) is 0 Å². The third kappa shape index (κ3) is 3.37. The van der Waals surface area contributed by atoms with Crippen LogP contribution in [0.3, 0.4) is 0 Å². The van der Waals surface area contributed by atoms with Gasteiger partial charge in [-0.1, -0.05) is 6.92 Å². The molecule has 0 amide bonds. The van der Waals surface area contributed by atoms with Crippen LogP contribution in [0.1, 0.15) is 49.7 Å². The first kappa shape index (κ1) is 15.0. The summed E-state index contributed by atoms with van der Waals surface area (Å²) >= 11 is 0. The maximum absolute atomic E-state index is 11.1. The molecule has 1 saturated heterocycles. The van der Waals surface area contributed by atoms with Gasteiger partial charge in [0.2, 0.25) is 0 Å². The van der Waals surface area contributed by atoms with Crippen molar-refractivity contribution >= 4 is 5.97 Å². The van der Waals surface area contributed by atoms with E-state index in [1.54, 1.807) is 6.20 Å². The van der Waals surface area contributed by atoms with Crippen molar-refractivity contribution in [1.29, 1.82) is 0 Å². The molecule has 0 bridgehead atoms. The number of aromatic nitrogens is 2. The summed E-state index contributed by atoms with van der Waals surface area (Å²) in [4.78, 5) is 13.4. The minimum Gasteiger partial charge on any atom is -0.477 e. The molecule has 0 aliphatic carbocycles. The molecule has 0 unspecified atom stereocenters. The molecule has 1 aliphatic rings. The van der Waals surface area contributed by atoms with Crippen LogP contribution in [-0.2, 0) is 11.3 Å². The van der Waals surface area contributed by atoms with Crippen LogP contribution in [-0.4, -0.2) is 51.0 Å². The summed E-state index contributed by atoms with van der Waals surface area (Å²) < 4.78 is 5.75. The molecule has 2 rings (SSSR count). The summed E-state index contributed by atoms with van der Waals surface area (Å²) in [6, 6.07) is 0.417. The van der Waals surface area contributed by atoms with Crippen LogP contribution in [0.25, 0.3) is 0 Å². The molecule has 0 spiro atoms. The van der Waals surface area contributed by atoms with Crippen LogP contribution < -0.4 is 0 Å². The quantitative estimate of drug-likeness (QED) is 0.861. The molecular formula is C14H23N3O3. The Hall–Kier alpha value is -1.40. The van der Waals surface area contributed by atoms with E-state index in [2.05, 4.69) is 35.9 Å². The number of carboxylic acids is 1. The number of aromatic amines is 1. The second-order valence-corrected chi connectivity index (χ2v) is 5.89. The van der Waals surface area contributed by atoms with Gasteiger partial charge in [0.15, 0.2) is 0 Å². The topological polar surface area (TPSA) is 78.5 Å². The van der Waals surface area contributed by atoms with E-state index >= 15 is 0 Å². The summed E-state index contributed by atoms with van der Waals surface area (Å²) in [5.41, 5.74) is 0.820. The standard InChI is InChI=1S/C14H23N3O3/c1-4-17(11-5-6-20-14(2,3)7-11)9-10-8-15-16-12(10)13(18)19/h8,11H,4-7,9H2,1-3H3,(H,15,16)(H,18,19)/t11-/m0/s1. The Labute approximate surface area is 119 Å². The molecule has 112 valence electrons. The molecule has 1 aromatic rings. The van der Waals surface area contributed by atoms with E-state index in [4.69, 9.17) is 9.84 Å². The number of nitrogens with zero attached hydrogens (tertiary/aromatic N) is 2. The van der Waals surface area contributed by atoms with Crippen molar-refractivity contribution in [2.45, 2.75) is 51.8 Å². The second kappa shape index (κ2) is 5.93. The second-order valence-electron chi connectivity index (χ2n) is 5.89. The minimum atomic E-state index is -0.958. The molecule has 1 atom stereocenters. The van der Waals surface area contributed by atoms with E-state index in [9.17, 15) is 4.79 Å². The average Bonchev–Trinajstić information content (AvgIpc) is 2.82. The number of aromatic carboxylic acids is 1. The van der Waals surface area contributed by atoms with Gasteiger partial charge in [-0.05, 0) is 33.2 Å². The molecule has 6 heteroatoms. The van der Waals surface area contributed by atoms with Gasteiger partial charge in [-0.2, -0.15) is 5.10 Å². The van der Waals surface area contributed by atoms with E-state index < -0.39 is 5.97 Å². The Morgan fingerprint density at radius 1 is 1.65 bits per heavy atom. The van der Waals surface area contributed by atoms with Crippen molar-refractivity contribution < 1.29 is 14.6 Å². The van der Waals surface area contributed by atoms with Crippen LogP contribution in [0.15, 0.2) is 6.20 Å². The Kier molecular flexibility index (Phi) is 4.45. The maximum atomic E-state index is 11.1. The van der Waals surface area contributed by atoms with Crippen molar-refractivity contribution in [3.63, 3.8) is 0 Å². The maximum Gasteiger partial charge on any atom is 0.354 e. The Balaban J connectivity index is 2.09. The molecule has 20 heavy (non-hydrogen) atoms. The normalized spacial score (nSPS) is 22.1. The lowest BCUT2D eigenvalue weighted by Gasteiger charge is -2.41. The van der Waals surface area contributed by atoms with Crippen LogP contribution >= 0.6 is 0 Å². The van der Waals surface area contributed by atoms with E-state index in [-0.39, 0.29) is 11.3 Å². The summed E-state index contributed by atoms with van der Waals surface area (Å²) in [7, 11) is 0. The zero-order valence-electron chi connectivity index (χ0n) is 12.3. The lowest BCUT2D eigenvalue weighted by molar-refractivity contribution is -0.0839. The lowest BCUT2D eigenvalue weighted by atomic mass is 9.92. The highest BCUT2D eigenvalue weighted by molar-refractivity contribution is 5.86. The third-order valence-electron chi connectivity index (χ3n) is 3.90. The number of hydrogen-bond acceptors (Lipinski definition) is 4. The SMILES string of the molecule is CCN(Cc1cn[nH]c1C(=O)O)[C@H]1CCOC(C)(C)C1. The summed E-state index contributed by atoms with van der Waals surface area (Å²) in [6.45, 7) is 8.55. The highest BCUT2D eigenvalue weighted by Gasteiger charge is 2.32. The number of carbonyl (C=O) groups is 1. The van der Waals surface area contributed by atoms with Gasteiger partial charge in [-0.25, -0.2) is 4.79 Å². The van der Waals surface area contributed by atoms with Gasteiger partial charge in [0.1, 0.15) is 5.69 Å². The number of ether oxygens (including phenoxy) is 1. The van der Waals surface area contributed by atoms with Crippen LogP contribution in [0.5, 0.6) is 0 Å². The van der Waals surface area contributed by atoms with Gasteiger partial charge in [0, 0.05) is 24.8 Å². The van der Waals surface area contributed by atoms with Crippen molar-refractivity contribution in [2.75, 3.05) is 13.2 Å². The number of hydrogen-bond donors (Lipinski definition) is 2. The first-order valence-electron chi connectivity index (χ1n) is 7.06. The first-order valence-corrected chi connectivity index (χ1v) is 7.06. The predicted octanol–water partition coefficient (Wildman–Crippen LogP) is 1.89. The van der Waals surface area contributed by atoms with Gasteiger partial charge < -0.3 is 9.84 Å². The Morgan fingerprint density at radius 2 is 2.40 bits per heavy atom. The lowest BCUT2D eigenvalue weighted by Crippen LogP contribution is -2.45. The molecule has 2 N–H and O–H groups in total. The molecule has 0 radical (unpaired) electrons. The molecule has 1 aromatic heterocycles. The van der Waals surface area contributed by atoms with Crippen molar-refractivity contribution in [2.24, 2.45) is 0 Å². The molecule has 1 aliphatic heterocycles. The largest absolute Gasteiger partial charge is 0.477 e. The zero-order chi connectivity index (χ0) is 14.8. The average molecular weight is 281 g/mol. The van der Waals surface area contributed by atoms with E-state index in [1.165, 1.54) is 0 Å². The Morgan fingerprint density at radius 3 is 3.00 bits per heavy atom. The van der Waals surface area contributed by atoms with Gasteiger partial charge in [-0.3, -0.25) is 10.00 Å². The van der Waals surface area contributed by atoms with Gasteiger partial charge >= 0.3 is 5.97 Å². The molecule has 0 aromatic carbocycles. The summed E-state index contributed by atoms with van der Waals surface area (Å²) in [6.07, 6.45) is 3.55. The molecule has 2 heterocycles. The first-order chi connectivity index (χ1) is 9.43. The molecular weight excluding hydrogens is 258 g/mol. The monoisotopic (exact) mass is 281 g/mol. The fourth-order valence-electron chi connectivity index (χ4n) is 2.85. The number of H-pyrrole nitrogens is 1. The van der Waals surface area contributed by atoms with Crippen molar-refractivity contribution in [1.82, 2.24) is 15.1 Å². The van der Waals surface area contributed by atoms with Gasteiger partial charge in [-0.15, -0.1) is 0 Å². The van der Waals surface area contributed by atoms with Gasteiger partial charge in [0.25, 0.3) is 0 Å². The highest BCUT2D eigenvalue weighted by Crippen LogP contribution is 2.28. The number of carboxylic acid groups (broad SMARTS) is 1. The van der Waals surface area contributed by atoms with Crippen molar-refractivity contribution in [3.05, 3.63) is 17.5 Å². The van der Waals surface area contributed by atoms with Crippen LogP contribution in [0.4, 0.5) is 0 Å². The fraction of sp³-hybridized carbons (Fsp3) is 0.714. The van der Waals surface area contributed by atoms with E-state index in [0.717, 1.165) is 31.6 Å². The molecule has 0 saturated carbocycles. The van der Waals surface area contributed by atoms with Gasteiger partial charge in [0.05, 0.1) is 11.8 Å². The predicted molar refractivity (Wildman–Crippen MR) is 74.7 cm³/mol. The van der Waals surface area contributed by atoms with E-state index in [1.807, 2.05) is 0 Å². The number of nitrogens with one attached hydrogen (secondary N) is 1. The fourth-order valence-corrected chi connectivity index (χ4v) is 2.85. The summed E-state index contributed by atoms with van der Waals surface area (Å²) in [5, 5.41) is 15.5. The minimum absolute atomic E-state index is 0.109. The van der Waals surface area contributed by atoms with Crippen LogP contribution in [0.2, 0.25) is 0 Å². The Bertz CT molecular complexity index is 470. The highest BCUT2D eigenvalue weighted by atomic mass is 16.5. The third-order valence-corrected chi connectivity index (χ3v) is 3.90. The van der Waals surface area contributed by atoms with Crippen LogP contribution in [0, 0.1) is 0 Å². The zero-order valence-corrected chi connectivity index (χ0v) is 12.3. The summed E-state index contributed by atoms with van der Waals surface area (Å²) in [5.74, 6) is -0.958. The molecule has 1 fully saturated rings. The van der Waals surface area contributed by atoms with E-state index in [0.29, 0.717) is 12.6 Å². The molecule has 6 nitrogen and oxygen atoms in total. The smallest absolute Gasteiger partial charge is 0.354 e.